The Morgan fingerprint density at radius 3 is 2.88 bits per heavy atom. The molecule has 0 aromatic rings. The van der Waals surface area contributed by atoms with E-state index < -0.39 is 5.97 Å². The summed E-state index contributed by atoms with van der Waals surface area (Å²) in [5, 5.41) is 20.7. The first-order valence-corrected chi connectivity index (χ1v) is 5.89. The number of nitrogens with one attached hydrogen (secondary N) is 1. The molecule has 1 aliphatic rings. The van der Waals surface area contributed by atoms with Crippen LogP contribution >= 0.6 is 0 Å². The first-order valence-electron chi connectivity index (χ1n) is 5.89. The molecule has 0 aromatic heterocycles. The second-order valence-electron chi connectivity index (χ2n) is 4.19. The number of aliphatic carboxylic acids is 1. The first kappa shape index (κ1) is 13.4. The maximum absolute atomic E-state index is 10.8. The average Bonchev–Trinajstić information content (AvgIpc) is 2.29. The fraction of sp³-hybridized carbons (Fsp3) is 0.909. The van der Waals surface area contributed by atoms with Gasteiger partial charge in [0.25, 0.3) is 0 Å². The SMILES string of the molecule is O=C(O)C1CCCC(NCCOCCO)C1. The number of carbonyl (C=O) groups is 1. The van der Waals surface area contributed by atoms with E-state index >= 15 is 0 Å². The van der Waals surface area contributed by atoms with Gasteiger partial charge in [-0.15, -0.1) is 0 Å². The smallest absolute Gasteiger partial charge is 0.306 e. The van der Waals surface area contributed by atoms with Crippen molar-refractivity contribution in [3.63, 3.8) is 0 Å². The minimum absolute atomic E-state index is 0.0461. The summed E-state index contributed by atoms with van der Waals surface area (Å²) in [5.74, 6) is -0.868. The van der Waals surface area contributed by atoms with Crippen LogP contribution in [0.15, 0.2) is 0 Å². The van der Waals surface area contributed by atoms with Crippen LogP contribution < -0.4 is 5.32 Å². The van der Waals surface area contributed by atoms with Gasteiger partial charge in [0.1, 0.15) is 0 Å². The van der Waals surface area contributed by atoms with Crippen molar-refractivity contribution in [2.75, 3.05) is 26.4 Å². The van der Waals surface area contributed by atoms with E-state index in [0.29, 0.717) is 19.3 Å². The van der Waals surface area contributed by atoms with Gasteiger partial charge in [0, 0.05) is 12.6 Å². The van der Waals surface area contributed by atoms with Gasteiger partial charge >= 0.3 is 5.97 Å². The zero-order chi connectivity index (χ0) is 11.8. The number of aliphatic hydroxyl groups is 1. The lowest BCUT2D eigenvalue weighted by Gasteiger charge is -2.27. The molecule has 0 aliphatic heterocycles. The van der Waals surface area contributed by atoms with E-state index in [1.54, 1.807) is 0 Å². The molecule has 94 valence electrons. The van der Waals surface area contributed by atoms with Gasteiger partial charge in [0.05, 0.1) is 25.7 Å². The van der Waals surface area contributed by atoms with Gasteiger partial charge in [-0.2, -0.15) is 0 Å². The summed E-state index contributed by atoms with van der Waals surface area (Å²) < 4.78 is 5.12. The monoisotopic (exact) mass is 231 g/mol. The van der Waals surface area contributed by atoms with Crippen LogP contribution in [-0.4, -0.2) is 48.6 Å². The highest BCUT2D eigenvalue weighted by Crippen LogP contribution is 2.24. The molecule has 0 saturated heterocycles. The van der Waals surface area contributed by atoms with E-state index in [-0.39, 0.29) is 12.5 Å². The number of hydrogen-bond acceptors (Lipinski definition) is 4. The maximum atomic E-state index is 10.8. The Hall–Kier alpha value is -0.650. The molecule has 2 atom stereocenters. The van der Waals surface area contributed by atoms with Crippen LogP contribution in [0.5, 0.6) is 0 Å². The molecule has 5 heteroatoms. The third-order valence-electron chi connectivity index (χ3n) is 2.94. The fourth-order valence-electron chi connectivity index (χ4n) is 2.10. The third kappa shape index (κ3) is 4.92. The Labute approximate surface area is 95.8 Å². The molecule has 1 rings (SSSR count). The molecule has 0 aromatic carbocycles. The van der Waals surface area contributed by atoms with Gasteiger partial charge in [-0.05, 0) is 19.3 Å². The minimum atomic E-state index is -0.678. The molecule has 0 bridgehead atoms. The van der Waals surface area contributed by atoms with E-state index in [0.717, 1.165) is 32.2 Å². The molecule has 0 radical (unpaired) electrons. The van der Waals surface area contributed by atoms with Crippen molar-refractivity contribution >= 4 is 5.97 Å². The van der Waals surface area contributed by atoms with Gasteiger partial charge < -0.3 is 20.3 Å². The Morgan fingerprint density at radius 1 is 1.38 bits per heavy atom. The van der Waals surface area contributed by atoms with Crippen LogP contribution in [0.4, 0.5) is 0 Å². The molecule has 2 unspecified atom stereocenters. The summed E-state index contributed by atoms with van der Waals surface area (Å²) in [7, 11) is 0. The molecule has 1 fully saturated rings. The van der Waals surface area contributed by atoms with Crippen molar-refractivity contribution in [3.05, 3.63) is 0 Å². The quantitative estimate of drug-likeness (QED) is 0.547. The van der Waals surface area contributed by atoms with Crippen LogP contribution in [0.2, 0.25) is 0 Å². The molecule has 3 N–H and O–H groups in total. The topological polar surface area (TPSA) is 78.8 Å². The molecular weight excluding hydrogens is 210 g/mol. The largest absolute Gasteiger partial charge is 0.481 e. The zero-order valence-corrected chi connectivity index (χ0v) is 9.52. The number of carboxylic acids is 1. The molecule has 5 nitrogen and oxygen atoms in total. The number of rotatable bonds is 7. The Morgan fingerprint density at radius 2 is 2.19 bits per heavy atom. The van der Waals surface area contributed by atoms with Crippen molar-refractivity contribution in [2.45, 2.75) is 31.7 Å². The number of ether oxygens (including phenoxy) is 1. The number of hydrogen-bond donors (Lipinski definition) is 3. The molecule has 0 heterocycles. The Kier molecular flexibility index (Phi) is 6.37. The standard InChI is InChI=1S/C11H21NO4/c13-5-7-16-6-4-12-10-3-1-2-9(8-10)11(14)15/h9-10,12-13H,1-8H2,(H,14,15). The number of carboxylic acid groups (broad SMARTS) is 1. The predicted molar refractivity (Wildman–Crippen MR) is 59.3 cm³/mol. The summed E-state index contributed by atoms with van der Waals surface area (Å²) >= 11 is 0. The van der Waals surface area contributed by atoms with Crippen molar-refractivity contribution in [1.29, 1.82) is 0 Å². The Bertz CT molecular complexity index is 210. The van der Waals surface area contributed by atoms with E-state index in [9.17, 15) is 4.79 Å². The second-order valence-corrected chi connectivity index (χ2v) is 4.19. The molecule has 0 spiro atoms. The van der Waals surface area contributed by atoms with Crippen LogP contribution in [0.25, 0.3) is 0 Å². The second kappa shape index (κ2) is 7.60. The summed E-state index contributed by atoms with van der Waals surface area (Å²) in [6.45, 7) is 1.69. The van der Waals surface area contributed by atoms with Crippen LogP contribution in [-0.2, 0) is 9.53 Å². The summed E-state index contributed by atoms with van der Waals surface area (Å²) in [6, 6.07) is 0.299. The van der Waals surface area contributed by atoms with Crippen molar-refractivity contribution < 1.29 is 19.7 Å². The minimum Gasteiger partial charge on any atom is -0.481 e. The van der Waals surface area contributed by atoms with Gasteiger partial charge in [-0.1, -0.05) is 6.42 Å². The van der Waals surface area contributed by atoms with Crippen LogP contribution in [0, 0.1) is 5.92 Å². The Balaban J connectivity index is 2.10. The highest BCUT2D eigenvalue weighted by atomic mass is 16.5. The van der Waals surface area contributed by atoms with E-state index in [2.05, 4.69) is 5.32 Å². The summed E-state index contributed by atoms with van der Waals surface area (Å²) in [6.07, 6.45) is 3.54. The lowest BCUT2D eigenvalue weighted by molar-refractivity contribution is -0.143. The van der Waals surface area contributed by atoms with Crippen molar-refractivity contribution in [3.8, 4) is 0 Å². The predicted octanol–water partition coefficient (Wildman–Crippen LogP) is 0.228. The van der Waals surface area contributed by atoms with Crippen molar-refractivity contribution in [1.82, 2.24) is 5.32 Å². The fourth-order valence-corrected chi connectivity index (χ4v) is 2.10. The normalized spacial score (nSPS) is 25.6. The van der Waals surface area contributed by atoms with E-state index in [1.165, 1.54) is 0 Å². The average molecular weight is 231 g/mol. The lowest BCUT2D eigenvalue weighted by atomic mass is 9.86. The molecule has 1 aliphatic carbocycles. The molecule has 1 saturated carbocycles. The number of aliphatic hydroxyl groups excluding tert-OH is 1. The summed E-state index contributed by atoms with van der Waals surface area (Å²) in [4.78, 5) is 10.8. The zero-order valence-electron chi connectivity index (χ0n) is 9.52. The van der Waals surface area contributed by atoms with Crippen molar-refractivity contribution in [2.24, 2.45) is 5.92 Å². The van der Waals surface area contributed by atoms with Gasteiger partial charge in [-0.25, -0.2) is 0 Å². The highest BCUT2D eigenvalue weighted by molar-refractivity contribution is 5.70. The van der Waals surface area contributed by atoms with Crippen LogP contribution in [0.1, 0.15) is 25.7 Å². The lowest BCUT2D eigenvalue weighted by Crippen LogP contribution is -2.38. The van der Waals surface area contributed by atoms with Gasteiger partial charge in [-0.3, -0.25) is 4.79 Å². The van der Waals surface area contributed by atoms with E-state index in [4.69, 9.17) is 14.9 Å². The molecule has 16 heavy (non-hydrogen) atoms. The highest BCUT2D eigenvalue weighted by Gasteiger charge is 2.26. The van der Waals surface area contributed by atoms with E-state index in [1.807, 2.05) is 0 Å². The summed E-state index contributed by atoms with van der Waals surface area (Å²) in [5.41, 5.74) is 0. The maximum Gasteiger partial charge on any atom is 0.306 e. The van der Waals surface area contributed by atoms with Gasteiger partial charge in [0.15, 0.2) is 0 Å². The first-order chi connectivity index (χ1) is 7.74. The third-order valence-corrected chi connectivity index (χ3v) is 2.94. The van der Waals surface area contributed by atoms with Gasteiger partial charge in [0.2, 0.25) is 0 Å². The molecule has 0 amide bonds. The molecular formula is C11H21NO4. The van der Waals surface area contributed by atoms with Crippen LogP contribution in [0.3, 0.4) is 0 Å².